The minimum atomic E-state index is 0.773. The molecule has 0 atom stereocenters. The Morgan fingerprint density at radius 1 is 0.720 bits per heavy atom. The average molecular weight is 339 g/mol. The van der Waals surface area contributed by atoms with Crippen LogP contribution in [0.5, 0.6) is 0 Å². The van der Waals surface area contributed by atoms with Crippen LogP contribution in [0.15, 0.2) is 42.7 Å². The van der Waals surface area contributed by atoms with Crippen LogP contribution in [-0.4, -0.2) is 62.5 Å². The molecule has 0 N–H and O–H groups in total. The van der Waals surface area contributed by atoms with Gasteiger partial charge in [-0.15, -0.1) is 0 Å². The fraction of sp³-hybridized carbons (Fsp3) is 0.474. The van der Waals surface area contributed by atoms with Gasteiger partial charge in [-0.1, -0.05) is 18.2 Å². The van der Waals surface area contributed by atoms with Crippen molar-refractivity contribution in [3.8, 4) is 0 Å². The van der Waals surface area contributed by atoms with Crippen molar-refractivity contribution in [2.75, 3.05) is 67.2 Å². The number of aromatic nitrogens is 2. The number of hydrogen-bond acceptors (Lipinski definition) is 6. The van der Waals surface area contributed by atoms with Gasteiger partial charge in [0.1, 0.15) is 18.0 Å². The van der Waals surface area contributed by atoms with Crippen molar-refractivity contribution >= 4 is 17.3 Å². The summed E-state index contributed by atoms with van der Waals surface area (Å²) in [5, 5.41) is 0. The SMILES string of the molecule is c1ccc(N2CCCN(c3cc(N4CCOCC4)ncn3)CC2)cc1. The summed E-state index contributed by atoms with van der Waals surface area (Å²) in [7, 11) is 0. The number of morpholine rings is 1. The van der Waals surface area contributed by atoms with E-state index in [1.807, 2.05) is 0 Å². The van der Waals surface area contributed by atoms with Crippen LogP contribution in [0.4, 0.5) is 17.3 Å². The van der Waals surface area contributed by atoms with E-state index < -0.39 is 0 Å². The van der Waals surface area contributed by atoms with E-state index in [1.165, 1.54) is 5.69 Å². The average Bonchev–Trinajstić information content (AvgIpc) is 2.96. The van der Waals surface area contributed by atoms with Crippen LogP contribution in [0, 0.1) is 0 Å². The summed E-state index contributed by atoms with van der Waals surface area (Å²) < 4.78 is 5.44. The summed E-state index contributed by atoms with van der Waals surface area (Å²) in [5.74, 6) is 2.05. The molecule has 3 heterocycles. The number of hydrogen-bond donors (Lipinski definition) is 0. The Morgan fingerprint density at radius 2 is 1.36 bits per heavy atom. The normalized spacial score (nSPS) is 19.0. The number of benzene rings is 1. The number of ether oxygens (including phenoxy) is 1. The minimum absolute atomic E-state index is 0.773. The Kier molecular flexibility index (Phi) is 4.97. The van der Waals surface area contributed by atoms with Crippen molar-refractivity contribution in [1.82, 2.24) is 9.97 Å². The molecule has 2 aromatic rings. The smallest absolute Gasteiger partial charge is 0.134 e. The molecule has 1 aromatic heterocycles. The molecule has 25 heavy (non-hydrogen) atoms. The molecule has 2 saturated heterocycles. The number of para-hydroxylation sites is 1. The highest BCUT2D eigenvalue weighted by Gasteiger charge is 2.18. The second-order valence-electron chi connectivity index (χ2n) is 6.50. The van der Waals surface area contributed by atoms with Crippen molar-refractivity contribution in [3.05, 3.63) is 42.7 Å². The Morgan fingerprint density at radius 3 is 2.12 bits per heavy atom. The van der Waals surface area contributed by atoms with Gasteiger partial charge in [0.25, 0.3) is 0 Å². The second kappa shape index (κ2) is 7.70. The van der Waals surface area contributed by atoms with Crippen LogP contribution in [-0.2, 0) is 4.74 Å². The van der Waals surface area contributed by atoms with Crippen LogP contribution in [0.2, 0.25) is 0 Å². The Balaban J connectivity index is 1.45. The molecule has 0 spiro atoms. The molecule has 0 aliphatic carbocycles. The first-order chi connectivity index (χ1) is 12.4. The van der Waals surface area contributed by atoms with Crippen molar-refractivity contribution < 1.29 is 4.74 Å². The lowest BCUT2D eigenvalue weighted by atomic mass is 10.3. The van der Waals surface area contributed by atoms with Crippen LogP contribution >= 0.6 is 0 Å². The van der Waals surface area contributed by atoms with Crippen LogP contribution in [0.1, 0.15) is 6.42 Å². The molecule has 4 rings (SSSR count). The maximum absolute atomic E-state index is 5.44. The van der Waals surface area contributed by atoms with Gasteiger partial charge in [0, 0.05) is 51.0 Å². The van der Waals surface area contributed by atoms with E-state index in [1.54, 1.807) is 6.33 Å². The zero-order chi connectivity index (χ0) is 16.9. The first-order valence-electron chi connectivity index (χ1n) is 9.10. The standard InChI is InChI=1S/C19H25N5O/c1-2-5-17(6-3-1)22-7-4-8-23(10-9-22)18-15-19(21-16-20-18)24-11-13-25-14-12-24/h1-3,5-6,15-16H,4,7-14H2. The van der Waals surface area contributed by atoms with Crippen LogP contribution in [0.25, 0.3) is 0 Å². The third-order valence-electron chi connectivity index (χ3n) is 4.91. The maximum atomic E-state index is 5.44. The molecule has 1 aromatic carbocycles. The lowest BCUT2D eigenvalue weighted by molar-refractivity contribution is 0.122. The van der Waals surface area contributed by atoms with E-state index in [2.05, 4.69) is 61.1 Å². The van der Waals surface area contributed by atoms with Crippen molar-refractivity contribution in [2.45, 2.75) is 6.42 Å². The zero-order valence-electron chi connectivity index (χ0n) is 14.5. The predicted octanol–water partition coefficient (Wildman–Crippen LogP) is 2.03. The van der Waals surface area contributed by atoms with E-state index in [-0.39, 0.29) is 0 Å². The maximum Gasteiger partial charge on any atom is 0.134 e. The summed E-state index contributed by atoms with van der Waals surface area (Å²) in [6.07, 6.45) is 2.83. The van der Waals surface area contributed by atoms with E-state index >= 15 is 0 Å². The van der Waals surface area contributed by atoms with Crippen molar-refractivity contribution in [2.24, 2.45) is 0 Å². The van der Waals surface area contributed by atoms with E-state index in [0.717, 1.165) is 70.5 Å². The summed E-state index contributed by atoms with van der Waals surface area (Å²) in [4.78, 5) is 16.1. The Labute approximate surface area is 149 Å². The molecule has 2 aliphatic rings. The quantitative estimate of drug-likeness (QED) is 0.853. The molecule has 0 amide bonds. The number of anilines is 3. The van der Waals surface area contributed by atoms with E-state index in [9.17, 15) is 0 Å². The highest BCUT2D eigenvalue weighted by molar-refractivity contribution is 5.52. The van der Waals surface area contributed by atoms with Gasteiger partial charge in [-0.05, 0) is 18.6 Å². The molecule has 132 valence electrons. The molecule has 0 bridgehead atoms. The van der Waals surface area contributed by atoms with E-state index in [0.29, 0.717) is 0 Å². The molecule has 6 nitrogen and oxygen atoms in total. The number of rotatable bonds is 3. The number of nitrogens with zero attached hydrogens (tertiary/aromatic N) is 5. The molecular formula is C19H25N5O. The Hall–Kier alpha value is -2.34. The Bertz CT molecular complexity index is 675. The highest BCUT2D eigenvalue weighted by atomic mass is 16.5. The first kappa shape index (κ1) is 16.1. The topological polar surface area (TPSA) is 44.7 Å². The van der Waals surface area contributed by atoms with Crippen LogP contribution in [0.3, 0.4) is 0 Å². The fourth-order valence-electron chi connectivity index (χ4n) is 3.52. The van der Waals surface area contributed by atoms with Gasteiger partial charge in [-0.25, -0.2) is 9.97 Å². The van der Waals surface area contributed by atoms with Gasteiger partial charge in [-0.3, -0.25) is 0 Å². The second-order valence-corrected chi connectivity index (χ2v) is 6.50. The van der Waals surface area contributed by atoms with Gasteiger partial charge in [-0.2, -0.15) is 0 Å². The summed E-state index contributed by atoms with van der Waals surface area (Å²) in [6.45, 7) is 7.46. The summed E-state index contributed by atoms with van der Waals surface area (Å²) in [5.41, 5.74) is 1.31. The van der Waals surface area contributed by atoms with Gasteiger partial charge < -0.3 is 19.4 Å². The van der Waals surface area contributed by atoms with E-state index in [4.69, 9.17) is 4.74 Å². The third kappa shape index (κ3) is 3.85. The summed E-state index contributed by atoms with van der Waals surface area (Å²) >= 11 is 0. The predicted molar refractivity (Wildman–Crippen MR) is 101 cm³/mol. The fourth-order valence-corrected chi connectivity index (χ4v) is 3.52. The minimum Gasteiger partial charge on any atom is -0.378 e. The summed E-state index contributed by atoms with van der Waals surface area (Å²) in [6, 6.07) is 12.8. The molecule has 0 unspecified atom stereocenters. The lowest BCUT2D eigenvalue weighted by Gasteiger charge is -2.29. The third-order valence-corrected chi connectivity index (χ3v) is 4.91. The lowest BCUT2D eigenvalue weighted by Crippen LogP contribution is -2.37. The molecular weight excluding hydrogens is 314 g/mol. The first-order valence-corrected chi connectivity index (χ1v) is 9.10. The van der Waals surface area contributed by atoms with Gasteiger partial charge >= 0.3 is 0 Å². The van der Waals surface area contributed by atoms with Crippen LogP contribution < -0.4 is 14.7 Å². The molecule has 2 fully saturated rings. The van der Waals surface area contributed by atoms with Crippen molar-refractivity contribution in [3.63, 3.8) is 0 Å². The van der Waals surface area contributed by atoms with Gasteiger partial charge in [0.05, 0.1) is 13.2 Å². The molecule has 6 heteroatoms. The molecule has 2 aliphatic heterocycles. The monoisotopic (exact) mass is 339 g/mol. The zero-order valence-corrected chi connectivity index (χ0v) is 14.5. The largest absolute Gasteiger partial charge is 0.378 e. The van der Waals surface area contributed by atoms with Gasteiger partial charge in [0.2, 0.25) is 0 Å². The molecule has 0 radical (unpaired) electrons. The van der Waals surface area contributed by atoms with Crippen molar-refractivity contribution in [1.29, 1.82) is 0 Å². The van der Waals surface area contributed by atoms with Gasteiger partial charge in [0.15, 0.2) is 0 Å². The highest BCUT2D eigenvalue weighted by Crippen LogP contribution is 2.21. The molecule has 0 saturated carbocycles.